The molecule has 4 nitrogen and oxygen atoms in total. The van der Waals surface area contributed by atoms with E-state index in [1.165, 1.54) is 6.20 Å². The van der Waals surface area contributed by atoms with Crippen LogP contribution in [-0.2, 0) is 0 Å². The van der Waals surface area contributed by atoms with E-state index in [0.717, 1.165) is 24.2 Å². The zero-order chi connectivity index (χ0) is 10.7. The lowest BCUT2D eigenvalue weighted by molar-refractivity contribution is 1.15. The van der Waals surface area contributed by atoms with Gasteiger partial charge in [0, 0.05) is 18.3 Å². The SMILES string of the molecule is NC=C(N)C(=Nc1cccnc1)C1CC1. The van der Waals surface area contributed by atoms with Gasteiger partial charge in [0.25, 0.3) is 0 Å². The van der Waals surface area contributed by atoms with Gasteiger partial charge < -0.3 is 11.5 Å². The van der Waals surface area contributed by atoms with Gasteiger partial charge in [-0.3, -0.25) is 4.98 Å². The Morgan fingerprint density at radius 1 is 1.53 bits per heavy atom. The van der Waals surface area contributed by atoms with Gasteiger partial charge in [0.1, 0.15) is 0 Å². The molecule has 1 aromatic heterocycles. The Bertz CT molecular complexity index is 390. The number of hydrogen-bond donors (Lipinski definition) is 2. The first-order chi connectivity index (χ1) is 7.31. The Kier molecular flexibility index (Phi) is 2.67. The van der Waals surface area contributed by atoms with Crippen LogP contribution in [-0.4, -0.2) is 10.7 Å². The van der Waals surface area contributed by atoms with Crippen LogP contribution in [0, 0.1) is 5.92 Å². The van der Waals surface area contributed by atoms with Crippen molar-refractivity contribution in [3.05, 3.63) is 36.4 Å². The summed E-state index contributed by atoms with van der Waals surface area (Å²) in [5.74, 6) is 0.477. The van der Waals surface area contributed by atoms with E-state index in [1.807, 2.05) is 12.1 Å². The predicted molar refractivity (Wildman–Crippen MR) is 60.5 cm³/mol. The molecule has 15 heavy (non-hydrogen) atoms. The molecule has 1 aromatic rings. The molecule has 2 rings (SSSR count). The second-order valence-electron chi connectivity index (χ2n) is 3.60. The van der Waals surface area contributed by atoms with Crippen LogP contribution in [0.5, 0.6) is 0 Å². The maximum absolute atomic E-state index is 5.79. The molecule has 0 unspecified atom stereocenters. The van der Waals surface area contributed by atoms with Crippen molar-refractivity contribution in [3.8, 4) is 0 Å². The summed E-state index contributed by atoms with van der Waals surface area (Å²) in [5, 5.41) is 0. The zero-order valence-electron chi connectivity index (χ0n) is 8.43. The van der Waals surface area contributed by atoms with E-state index in [4.69, 9.17) is 11.5 Å². The number of hydrogen-bond acceptors (Lipinski definition) is 4. The van der Waals surface area contributed by atoms with Gasteiger partial charge in [-0.05, 0) is 25.0 Å². The van der Waals surface area contributed by atoms with Gasteiger partial charge in [-0.1, -0.05) is 0 Å². The number of rotatable bonds is 3. The van der Waals surface area contributed by atoms with Crippen molar-refractivity contribution in [1.29, 1.82) is 0 Å². The van der Waals surface area contributed by atoms with Gasteiger partial charge in [-0.25, -0.2) is 4.99 Å². The van der Waals surface area contributed by atoms with Gasteiger partial charge in [0.05, 0.1) is 23.3 Å². The molecule has 78 valence electrons. The second-order valence-corrected chi connectivity index (χ2v) is 3.60. The third-order valence-electron chi connectivity index (χ3n) is 2.33. The molecular formula is C11H14N4. The number of allylic oxidation sites excluding steroid dienone is 1. The summed E-state index contributed by atoms with van der Waals surface area (Å²) >= 11 is 0. The molecular weight excluding hydrogens is 188 g/mol. The Morgan fingerprint density at radius 2 is 2.33 bits per heavy atom. The molecule has 1 heterocycles. The number of pyridine rings is 1. The summed E-state index contributed by atoms with van der Waals surface area (Å²) in [5.41, 5.74) is 13.5. The van der Waals surface area contributed by atoms with Crippen molar-refractivity contribution in [2.24, 2.45) is 22.4 Å². The van der Waals surface area contributed by atoms with Crippen molar-refractivity contribution >= 4 is 11.4 Å². The summed E-state index contributed by atoms with van der Waals surface area (Å²) in [6.45, 7) is 0. The molecule has 1 aliphatic carbocycles. The lowest BCUT2D eigenvalue weighted by Gasteiger charge is -2.04. The molecule has 0 amide bonds. The molecule has 0 bridgehead atoms. The highest BCUT2D eigenvalue weighted by molar-refractivity contribution is 6.03. The molecule has 1 fully saturated rings. The van der Waals surface area contributed by atoms with E-state index in [9.17, 15) is 0 Å². The predicted octanol–water partition coefficient (Wildman–Crippen LogP) is 1.32. The quantitative estimate of drug-likeness (QED) is 0.726. The van der Waals surface area contributed by atoms with Crippen LogP contribution in [0.3, 0.4) is 0 Å². The van der Waals surface area contributed by atoms with Crippen LogP contribution in [0.25, 0.3) is 0 Å². The summed E-state index contributed by atoms with van der Waals surface area (Å²) in [6, 6.07) is 3.75. The Labute approximate surface area is 88.7 Å². The van der Waals surface area contributed by atoms with Gasteiger partial charge >= 0.3 is 0 Å². The van der Waals surface area contributed by atoms with Crippen molar-refractivity contribution in [1.82, 2.24) is 4.98 Å². The normalized spacial score (nSPS) is 17.9. The third-order valence-corrected chi connectivity index (χ3v) is 2.33. The first kappa shape index (κ1) is 9.71. The monoisotopic (exact) mass is 202 g/mol. The van der Waals surface area contributed by atoms with E-state index in [-0.39, 0.29) is 0 Å². The fourth-order valence-electron chi connectivity index (χ4n) is 1.39. The number of aliphatic imine (C=N–C) groups is 1. The van der Waals surface area contributed by atoms with Crippen LogP contribution in [0.4, 0.5) is 5.69 Å². The van der Waals surface area contributed by atoms with Crippen LogP contribution in [0.1, 0.15) is 12.8 Å². The Morgan fingerprint density at radius 3 is 2.87 bits per heavy atom. The van der Waals surface area contributed by atoms with Crippen molar-refractivity contribution < 1.29 is 0 Å². The summed E-state index contributed by atoms with van der Waals surface area (Å²) in [7, 11) is 0. The highest BCUT2D eigenvalue weighted by Crippen LogP contribution is 2.33. The maximum atomic E-state index is 5.79. The fraction of sp³-hybridized carbons (Fsp3) is 0.273. The van der Waals surface area contributed by atoms with Crippen molar-refractivity contribution in [2.75, 3.05) is 0 Å². The van der Waals surface area contributed by atoms with Crippen molar-refractivity contribution in [3.63, 3.8) is 0 Å². The smallest absolute Gasteiger partial charge is 0.0817 e. The van der Waals surface area contributed by atoms with Gasteiger partial charge in [-0.2, -0.15) is 0 Å². The van der Waals surface area contributed by atoms with Gasteiger partial charge in [0.2, 0.25) is 0 Å². The minimum atomic E-state index is 0.477. The molecule has 4 heteroatoms. The minimum absolute atomic E-state index is 0.477. The van der Waals surface area contributed by atoms with Crippen LogP contribution in [0.15, 0.2) is 41.4 Å². The summed E-state index contributed by atoms with van der Waals surface area (Å²) < 4.78 is 0. The summed E-state index contributed by atoms with van der Waals surface area (Å²) in [6.07, 6.45) is 7.14. The maximum Gasteiger partial charge on any atom is 0.0817 e. The third kappa shape index (κ3) is 2.34. The lowest BCUT2D eigenvalue weighted by Crippen LogP contribution is -2.15. The molecule has 0 saturated heterocycles. The molecule has 1 aliphatic rings. The van der Waals surface area contributed by atoms with Gasteiger partial charge in [0.15, 0.2) is 0 Å². The van der Waals surface area contributed by atoms with E-state index in [1.54, 1.807) is 12.4 Å². The topological polar surface area (TPSA) is 77.3 Å². The first-order valence-corrected chi connectivity index (χ1v) is 4.97. The average Bonchev–Trinajstić information content (AvgIpc) is 3.10. The second kappa shape index (κ2) is 4.13. The van der Waals surface area contributed by atoms with Crippen LogP contribution in [0.2, 0.25) is 0 Å². The highest BCUT2D eigenvalue weighted by atomic mass is 14.8. The molecule has 0 radical (unpaired) electrons. The van der Waals surface area contributed by atoms with E-state index in [2.05, 4.69) is 9.98 Å². The minimum Gasteiger partial charge on any atom is -0.403 e. The Balaban J connectivity index is 2.28. The molecule has 4 N–H and O–H groups in total. The van der Waals surface area contributed by atoms with Gasteiger partial charge in [-0.15, -0.1) is 0 Å². The molecule has 0 spiro atoms. The highest BCUT2D eigenvalue weighted by Gasteiger charge is 2.28. The summed E-state index contributed by atoms with van der Waals surface area (Å²) in [4.78, 5) is 8.48. The zero-order valence-corrected chi connectivity index (χ0v) is 8.43. The molecule has 0 atom stereocenters. The van der Waals surface area contributed by atoms with E-state index < -0.39 is 0 Å². The fourth-order valence-corrected chi connectivity index (χ4v) is 1.39. The van der Waals surface area contributed by atoms with Crippen LogP contribution < -0.4 is 11.5 Å². The lowest BCUT2D eigenvalue weighted by atomic mass is 10.2. The number of nitrogens with zero attached hydrogens (tertiary/aromatic N) is 2. The first-order valence-electron chi connectivity index (χ1n) is 4.97. The largest absolute Gasteiger partial charge is 0.403 e. The number of aromatic nitrogens is 1. The van der Waals surface area contributed by atoms with E-state index in [0.29, 0.717) is 11.6 Å². The standard InChI is InChI=1S/C11H14N4/c12-6-10(13)11(8-3-4-8)15-9-2-1-5-14-7-9/h1-2,5-8H,3-4,12-13H2. The van der Waals surface area contributed by atoms with Crippen LogP contribution >= 0.6 is 0 Å². The number of nitrogens with two attached hydrogens (primary N) is 2. The molecule has 0 aliphatic heterocycles. The van der Waals surface area contributed by atoms with Crippen molar-refractivity contribution in [2.45, 2.75) is 12.8 Å². The average molecular weight is 202 g/mol. The molecule has 1 saturated carbocycles. The van der Waals surface area contributed by atoms with E-state index >= 15 is 0 Å². The Hall–Kier alpha value is -1.84. The molecule has 0 aromatic carbocycles.